The Hall–Kier alpha value is -1.26. The minimum Gasteiger partial charge on any atom is -0.486 e. The number of rotatable bonds is 5. The lowest BCUT2D eigenvalue weighted by Gasteiger charge is -2.22. The summed E-state index contributed by atoms with van der Waals surface area (Å²) in [5, 5.41) is 12.4. The summed E-state index contributed by atoms with van der Waals surface area (Å²) in [6.45, 7) is 4.10. The number of para-hydroxylation sites is 1. The summed E-state index contributed by atoms with van der Waals surface area (Å²) in [6.07, 6.45) is 0.906. The molecular formula is C13H19NO3. The van der Waals surface area contributed by atoms with Crippen LogP contribution in [0.2, 0.25) is 0 Å². The number of ether oxygens (including phenoxy) is 2. The van der Waals surface area contributed by atoms with Crippen molar-refractivity contribution in [3.8, 4) is 11.5 Å². The maximum Gasteiger partial charge on any atom is 0.165 e. The average molecular weight is 237 g/mol. The van der Waals surface area contributed by atoms with Crippen molar-refractivity contribution in [2.75, 3.05) is 19.8 Å². The van der Waals surface area contributed by atoms with Crippen molar-refractivity contribution >= 4 is 0 Å². The molecule has 4 heteroatoms. The first-order valence-corrected chi connectivity index (χ1v) is 6.07. The van der Waals surface area contributed by atoms with Crippen LogP contribution in [0.4, 0.5) is 0 Å². The van der Waals surface area contributed by atoms with Crippen molar-refractivity contribution in [2.45, 2.75) is 25.9 Å². The maximum atomic E-state index is 9.12. The third-order valence-corrected chi connectivity index (χ3v) is 2.94. The highest BCUT2D eigenvalue weighted by molar-refractivity contribution is 5.47. The van der Waals surface area contributed by atoms with Crippen LogP contribution in [0.25, 0.3) is 0 Å². The Morgan fingerprint density at radius 3 is 2.94 bits per heavy atom. The van der Waals surface area contributed by atoms with Crippen LogP contribution in [0.3, 0.4) is 0 Å². The molecule has 1 aliphatic rings. The van der Waals surface area contributed by atoms with Crippen LogP contribution >= 0.6 is 0 Å². The highest BCUT2D eigenvalue weighted by Gasteiger charge is 2.15. The summed E-state index contributed by atoms with van der Waals surface area (Å²) in [7, 11) is 0. The Labute approximate surface area is 102 Å². The van der Waals surface area contributed by atoms with Crippen LogP contribution < -0.4 is 14.8 Å². The second-order valence-corrected chi connectivity index (χ2v) is 4.11. The summed E-state index contributed by atoms with van der Waals surface area (Å²) < 4.78 is 11.1. The highest BCUT2D eigenvalue weighted by Crippen LogP contribution is 2.33. The third-order valence-electron chi connectivity index (χ3n) is 2.94. The predicted molar refractivity (Wildman–Crippen MR) is 65.4 cm³/mol. The predicted octanol–water partition coefficient (Wildman–Crippen LogP) is 1.32. The maximum absolute atomic E-state index is 9.12. The molecular weight excluding hydrogens is 218 g/mol. The quantitative estimate of drug-likeness (QED) is 0.811. The fourth-order valence-electron chi connectivity index (χ4n) is 1.87. The Kier molecular flexibility index (Phi) is 4.23. The second-order valence-electron chi connectivity index (χ2n) is 4.11. The molecule has 0 bridgehead atoms. The zero-order chi connectivity index (χ0) is 12.1. The van der Waals surface area contributed by atoms with Gasteiger partial charge in [0.15, 0.2) is 11.5 Å². The Morgan fingerprint density at radius 1 is 1.35 bits per heavy atom. The summed E-state index contributed by atoms with van der Waals surface area (Å²) in [5.41, 5.74) is 1.08. The van der Waals surface area contributed by atoms with Crippen LogP contribution in [0.5, 0.6) is 11.5 Å². The number of hydrogen-bond acceptors (Lipinski definition) is 4. The summed E-state index contributed by atoms with van der Waals surface area (Å²) in [5.74, 6) is 1.65. The summed E-state index contributed by atoms with van der Waals surface area (Å²) >= 11 is 0. The van der Waals surface area contributed by atoms with E-state index in [-0.39, 0.29) is 12.6 Å². The average Bonchev–Trinajstić information content (AvgIpc) is 2.40. The molecule has 94 valence electrons. The number of fused-ring (bicyclic) bond motifs is 1. The molecule has 0 saturated heterocycles. The molecule has 0 unspecified atom stereocenters. The van der Waals surface area contributed by atoms with Gasteiger partial charge in [0.2, 0.25) is 0 Å². The van der Waals surface area contributed by atoms with E-state index in [0.29, 0.717) is 19.8 Å². The van der Waals surface area contributed by atoms with Crippen LogP contribution in [0.15, 0.2) is 18.2 Å². The second kappa shape index (κ2) is 5.89. The number of hydrogen-bond donors (Lipinski definition) is 2. The van der Waals surface area contributed by atoms with Gasteiger partial charge in [0, 0.05) is 18.2 Å². The van der Waals surface area contributed by atoms with Gasteiger partial charge in [0.25, 0.3) is 0 Å². The number of aliphatic hydroxyl groups excluding tert-OH is 1. The molecule has 0 fully saturated rings. The Balaban J connectivity index is 2.05. The zero-order valence-corrected chi connectivity index (χ0v) is 10.1. The van der Waals surface area contributed by atoms with Gasteiger partial charge in [-0.3, -0.25) is 0 Å². The molecule has 0 radical (unpaired) electrons. The van der Waals surface area contributed by atoms with Gasteiger partial charge in [0.05, 0.1) is 6.61 Å². The molecule has 0 aliphatic carbocycles. The van der Waals surface area contributed by atoms with E-state index in [4.69, 9.17) is 14.6 Å². The van der Waals surface area contributed by atoms with E-state index in [1.165, 1.54) is 0 Å². The standard InChI is InChI=1S/C13H19NO3/c1-2-11(9-15)14-8-10-4-3-5-12-13(10)17-7-6-16-12/h3-5,11,14-15H,2,6-9H2,1H3/t11-/m1/s1. The van der Waals surface area contributed by atoms with Gasteiger partial charge in [-0.1, -0.05) is 19.1 Å². The van der Waals surface area contributed by atoms with Crippen molar-refractivity contribution in [3.63, 3.8) is 0 Å². The molecule has 1 heterocycles. The fourth-order valence-corrected chi connectivity index (χ4v) is 1.87. The van der Waals surface area contributed by atoms with Crippen LogP contribution in [-0.4, -0.2) is 31.0 Å². The van der Waals surface area contributed by atoms with Gasteiger partial charge in [-0.15, -0.1) is 0 Å². The molecule has 1 atom stereocenters. The number of nitrogens with one attached hydrogen (secondary N) is 1. The SMILES string of the molecule is CC[C@H](CO)NCc1cccc2c1OCCO2. The first-order chi connectivity index (χ1) is 8.35. The largest absolute Gasteiger partial charge is 0.486 e. The molecule has 1 aromatic carbocycles. The normalized spacial score (nSPS) is 15.6. The lowest BCUT2D eigenvalue weighted by molar-refractivity contribution is 0.169. The molecule has 1 aromatic rings. The monoisotopic (exact) mass is 237 g/mol. The van der Waals surface area contributed by atoms with E-state index < -0.39 is 0 Å². The van der Waals surface area contributed by atoms with Gasteiger partial charge >= 0.3 is 0 Å². The molecule has 0 amide bonds. The van der Waals surface area contributed by atoms with Crippen molar-refractivity contribution in [3.05, 3.63) is 23.8 Å². The van der Waals surface area contributed by atoms with E-state index in [0.717, 1.165) is 23.5 Å². The van der Waals surface area contributed by atoms with Crippen molar-refractivity contribution in [1.82, 2.24) is 5.32 Å². The first-order valence-electron chi connectivity index (χ1n) is 6.07. The lowest BCUT2D eigenvalue weighted by Crippen LogP contribution is -2.31. The summed E-state index contributed by atoms with van der Waals surface area (Å²) in [6, 6.07) is 6.03. The molecule has 2 N–H and O–H groups in total. The van der Waals surface area contributed by atoms with E-state index in [1.807, 2.05) is 25.1 Å². The van der Waals surface area contributed by atoms with Crippen LogP contribution in [-0.2, 0) is 6.54 Å². The van der Waals surface area contributed by atoms with Gasteiger partial charge in [-0.05, 0) is 12.5 Å². The van der Waals surface area contributed by atoms with Crippen molar-refractivity contribution < 1.29 is 14.6 Å². The van der Waals surface area contributed by atoms with E-state index in [1.54, 1.807) is 0 Å². The molecule has 0 aromatic heterocycles. The molecule has 4 nitrogen and oxygen atoms in total. The smallest absolute Gasteiger partial charge is 0.165 e. The molecule has 2 rings (SSSR count). The van der Waals surface area contributed by atoms with Gasteiger partial charge < -0.3 is 19.9 Å². The minimum absolute atomic E-state index is 0.135. The fraction of sp³-hybridized carbons (Fsp3) is 0.538. The van der Waals surface area contributed by atoms with Crippen molar-refractivity contribution in [2.24, 2.45) is 0 Å². The molecule has 0 spiro atoms. The van der Waals surface area contributed by atoms with E-state index in [2.05, 4.69) is 5.32 Å². The minimum atomic E-state index is 0.135. The first kappa shape index (κ1) is 12.2. The number of benzene rings is 1. The van der Waals surface area contributed by atoms with E-state index in [9.17, 15) is 0 Å². The third kappa shape index (κ3) is 2.90. The highest BCUT2D eigenvalue weighted by atomic mass is 16.6. The molecule has 0 saturated carbocycles. The van der Waals surface area contributed by atoms with E-state index >= 15 is 0 Å². The molecule has 17 heavy (non-hydrogen) atoms. The number of aliphatic hydroxyl groups is 1. The van der Waals surface area contributed by atoms with Crippen molar-refractivity contribution in [1.29, 1.82) is 0 Å². The molecule has 1 aliphatic heterocycles. The Morgan fingerprint density at radius 2 is 2.18 bits per heavy atom. The zero-order valence-electron chi connectivity index (χ0n) is 10.1. The Bertz CT molecular complexity index is 364. The lowest BCUT2D eigenvalue weighted by atomic mass is 10.1. The summed E-state index contributed by atoms with van der Waals surface area (Å²) in [4.78, 5) is 0. The topological polar surface area (TPSA) is 50.7 Å². The van der Waals surface area contributed by atoms with Gasteiger partial charge in [-0.25, -0.2) is 0 Å². The van der Waals surface area contributed by atoms with Gasteiger partial charge in [0.1, 0.15) is 13.2 Å². The van der Waals surface area contributed by atoms with Crippen LogP contribution in [0, 0.1) is 0 Å². The van der Waals surface area contributed by atoms with Crippen LogP contribution in [0.1, 0.15) is 18.9 Å². The van der Waals surface area contributed by atoms with Gasteiger partial charge in [-0.2, -0.15) is 0 Å².